The van der Waals surface area contributed by atoms with E-state index in [1.165, 1.54) is 11.1 Å². The molecule has 0 saturated heterocycles. The third-order valence-electron chi connectivity index (χ3n) is 5.00. The molecular weight excluding hydrogens is 272 g/mol. The Morgan fingerprint density at radius 1 is 1.32 bits per heavy atom. The lowest BCUT2D eigenvalue weighted by atomic mass is 9.93. The Bertz CT molecular complexity index is 552. The van der Waals surface area contributed by atoms with Crippen LogP contribution in [0.15, 0.2) is 36.4 Å². The molecule has 1 amide bonds. The molecule has 3 rings (SSSR count). The molecule has 22 heavy (non-hydrogen) atoms. The molecule has 0 unspecified atom stereocenters. The van der Waals surface area contributed by atoms with E-state index in [9.17, 15) is 4.79 Å². The van der Waals surface area contributed by atoms with Crippen molar-refractivity contribution in [2.45, 2.75) is 45.2 Å². The number of rotatable bonds is 4. The number of carbonyl (C=O) groups excluding carboxylic acids is 1. The molecule has 3 heteroatoms. The first kappa shape index (κ1) is 15.3. The third-order valence-corrected chi connectivity index (χ3v) is 5.00. The molecule has 1 aliphatic heterocycles. The average Bonchev–Trinajstić information content (AvgIpc) is 2.59. The second-order valence-corrected chi connectivity index (χ2v) is 6.56. The van der Waals surface area contributed by atoms with Gasteiger partial charge in [0.1, 0.15) is 0 Å². The van der Waals surface area contributed by atoms with Crippen molar-refractivity contribution in [2.24, 2.45) is 5.92 Å². The fourth-order valence-corrected chi connectivity index (χ4v) is 3.45. The van der Waals surface area contributed by atoms with Crippen LogP contribution in [-0.2, 0) is 17.8 Å². The van der Waals surface area contributed by atoms with Gasteiger partial charge in [-0.15, -0.1) is 0 Å². The molecule has 2 atom stereocenters. The first-order valence-electron chi connectivity index (χ1n) is 8.47. The van der Waals surface area contributed by atoms with Gasteiger partial charge in [0.05, 0.1) is 0 Å². The van der Waals surface area contributed by atoms with E-state index in [1.54, 1.807) is 0 Å². The van der Waals surface area contributed by atoms with Crippen LogP contribution in [0.1, 0.15) is 37.3 Å². The van der Waals surface area contributed by atoms with Crippen LogP contribution >= 0.6 is 0 Å². The van der Waals surface area contributed by atoms with E-state index < -0.39 is 0 Å². The van der Waals surface area contributed by atoms with Crippen molar-refractivity contribution >= 4 is 5.91 Å². The van der Waals surface area contributed by atoms with Gasteiger partial charge in [0.25, 0.3) is 0 Å². The number of allylic oxidation sites excluding steroid dienone is 2. The maximum atomic E-state index is 12.2. The number of hydrogen-bond acceptors (Lipinski definition) is 2. The second kappa shape index (κ2) is 7.10. The molecule has 118 valence electrons. The summed E-state index contributed by atoms with van der Waals surface area (Å²) in [5.74, 6) is 0.410. The second-order valence-electron chi connectivity index (χ2n) is 6.56. The number of amides is 1. The van der Waals surface area contributed by atoms with Crippen LogP contribution in [0.2, 0.25) is 0 Å². The number of hydrogen-bond donors (Lipinski definition) is 1. The van der Waals surface area contributed by atoms with Crippen molar-refractivity contribution in [2.75, 3.05) is 13.1 Å². The van der Waals surface area contributed by atoms with Crippen molar-refractivity contribution in [1.82, 2.24) is 10.2 Å². The Morgan fingerprint density at radius 2 is 2.14 bits per heavy atom. The lowest BCUT2D eigenvalue weighted by molar-refractivity contribution is -0.125. The normalized spacial score (nSPS) is 22.9. The Balaban J connectivity index is 1.49. The van der Waals surface area contributed by atoms with Crippen molar-refractivity contribution in [3.8, 4) is 0 Å². The molecular formula is C19H26N2O. The number of benzene rings is 1. The Morgan fingerprint density at radius 3 is 2.91 bits per heavy atom. The van der Waals surface area contributed by atoms with Crippen molar-refractivity contribution in [3.63, 3.8) is 0 Å². The summed E-state index contributed by atoms with van der Waals surface area (Å²) in [5.41, 5.74) is 2.91. The number of nitrogens with one attached hydrogen (secondary N) is 1. The van der Waals surface area contributed by atoms with E-state index in [0.29, 0.717) is 6.04 Å². The summed E-state index contributed by atoms with van der Waals surface area (Å²) in [6.45, 7) is 5.05. The highest BCUT2D eigenvalue weighted by Gasteiger charge is 2.22. The van der Waals surface area contributed by atoms with Crippen molar-refractivity contribution in [1.29, 1.82) is 0 Å². The molecule has 0 aromatic heterocycles. The summed E-state index contributed by atoms with van der Waals surface area (Å²) in [5, 5.41) is 3.16. The summed E-state index contributed by atoms with van der Waals surface area (Å²) in [6.07, 6.45) is 8.36. The molecule has 1 N–H and O–H groups in total. The minimum absolute atomic E-state index is 0.180. The molecule has 1 heterocycles. The molecule has 1 aromatic carbocycles. The smallest absolute Gasteiger partial charge is 0.223 e. The zero-order chi connectivity index (χ0) is 15.4. The zero-order valence-corrected chi connectivity index (χ0v) is 13.4. The molecule has 2 aliphatic rings. The van der Waals surface area contributed by atoms with Crippen LogP contribution in [0.5, 0.6) is 0 Å². The Hall–Kier alpha value is -1.61. The quantitative estimate of drug-likeness (QED) is 0.867. The van der Waals surface area contributed by atoms with Gasteiger partial charge < -0.3 is 5.32 Å². The maximum absolute atomic E-state index is 12.2. The van der Waals surface area contributed by atoms with Gasteiger partial charge >= 0.3 is 0 Å². The van der Waals surface area contributed by atoms with Crippen LogP contribution in [-0.4, -0.2) is 29.9 Å². The van der Waals surface area contributed by atoms with E-state index >= 15 is 0 Å². The van der Waals surface area contributed by atoms with Gasteiger partial charge in [-0.1, -0.05) is 36.4 Å². The van der Waals surface area contributed by atoms with E-state index in [-0.39, 0.29) is 11.8 Å². The average molecular weight is 298 g/mol. The van der Waals surface area contributed by atoms with Crippen LogP contribution in [0.3, 0.4) is 0 Å². The van der Waals surface area contributed by atoms with Crippen LogP contribution in [0.4, 0.5) is 0 Å². The first-order valence-corrected chi connectivity index (χ1v) is 8.47. The lowest BCUT2D eigenvalue weighted by Crippen LogP contribution is -2.45. The van der Waals surface area contributed by atoms with Crippen molar-refractivity contribution in [3.05, 3.63) is 47.5 Å². The molecule has 0 radical (unpaired) electrons. The standard InChI is InChI=1S/C19H26N2O/c1-15(13-20-19(22)17-8-3-2-4-9-17)21-12-11-16-7-5-6-10-18(16)14-21/h2-3,5-7,10,15,17H,4,8-9,11-14H2,1H3,(H,20,22)/t15-,17+/m0/s1. The minimum atomic E-state index is 0.180. The molecule has 0 bridgehead atoms. The number of fused-ring (bicyclic) bond motifs is 1. The fraction of sp³-hybridized carbons (Fsp3) is 0.526. The lowest BCUT2D eigenvalue weighted by Gasteiger charge is -2.34. The van der Waals surface area contributed by atoms with Gasteiger partial charge in [0.15, 0.2) is 0 Å². The van der Waals surface area contributed by atoms with Gasteiger partial charge in [-0.05, 0) is 43.7 Å². The number of nitrogens with zero attached hydrogens (tertiary/aromatic N) is 1. The topological polar surface area (TPSA) is 32.3 Å². The zero-order valence-electron chi connectivity index (χ0n) is 13.4. The van der Waals surface area contributed by atoms with Gasteiger partial charge in [0, 0.05) is 31.6 Å². The summed E-state index contributed by atoms with van der Waals surface area (Å²) in [6, 6.07) is 9.08. The predicted molar refractivity (Wildman–Crippen MR) is 89.5 cm³/mol. The highest BCUT2D eigenvalue weighted by atomic mass is 16.1. The predicted octanol–water partition coefficient (Wildman–Crippen LogP) is 2.91. The van der Waals surface area contributed by atoms with E-state index in [1.807, 2.05) is 0 Å². The van der Waals surface area contributed by atoms with Crippen LogP contribution in [0.25, 0.3) is 0 Å². The molecule has 0 fully saturated rings. The minimum Gasteiger partial charge on any atom is -0.354 e. The summed E-state index contributed by atoms with van der Waals surface area (Å²) in [7, 11) is 0. The molecule has 0 saturated carbocycles. The van der Waals surface area contributed by atoms with Gasteiger partial charge in [-0.25, -0.2) is 0 Å². The highest BCUT2D eigenvalue weighted by Crippen LogP contribution is 2.21. The van der Waals surface area contributed by atoms with E-state index in [4.69, 9.17) is 0 Å². The molecule has 1 aromatic rings. The molecule has 1 aliphatic carbocycles. The summed E-state index contributed by atoms with van der Waals surface area (Å²) < 4.78 is 0. The third kappa shape index (κ3) is 3.58. The van der Waals surface area contributed by atoms with Gasteiger partial charge in [-0.2, -0.15) is 0 Å². The SMILES string of the molecule is C[C@@H](CNC(=O)[C@@H]1CC=CCC1)N1CCc2ccccc2C1. The Kier molecular flexibility index (Phi) is 4.94. The van der Waals surface area contributed by atoms with Crippen molar-refractivity contribution < 1.29 is 4.79 Å². The van der Waals surface area contributed by atoms with E-state index in [2.05, 4.69) is 53.6 Å². The van der Waals surface area contributed by atoms with Gasteiger partial charge in [-0.3, -0.25) is 9.69 Å². The van der Waals surface area contributed by atoms with Crippen LogP contribution < -0.4 is 5.32 Å². The molecule has 3 nitrogen and oxygen atoms in total. The Labute approximate surface area is 133 Å². The fourth-order valence-electron chi connectivity index (χ4n) is 3.45. The number of carbonyl (C=O) groups is 1. The largest absolute Gasteiger partial charge is 0.354 e. The van der Waals surface area contributed by atoms with Crippen LogP contribution in [0, 0.1) is 5.92 Å². The summed E-state index contributed by atoms with van der Waals surface area (Å²) >= 11 is 0. The highest BCUT2D eigenvalue weighted by molar-refractivity contribution is 5.79. The maximum Gasteiger partial charge on any atom is 0.223 e. The van der Waals surface area contributed by atoms with E-state index in [0.717, 1.165) is 45.3 Å². The van der Waals surface area contributed by atoms with Gasteiger partial charge in [0.2, 0.25) is 5.91 Å². The summed E-state index contributed by atoms with van der Waals surface area (Å²) in [4.78, 5) is 14.7. The monoisotopic (exact) mass is 298 g/mol. The molecule has 0 spiro atoms. The first-order chi connectivity index (χ1) is 10.7.